The molecular weight excluding hydrogens is 245 g/mol. The van der Waals surface area contributed by atoms with E-state index in [2.05, 4.69) is 2.51 Å². The summed E-state index contributed by atoms with van der Waals surface area (Å²) in [7, 11) is 3.84. The van der Waals surface area contributed by atoms with E-state index < -0.39 is 0 Å². The Bertz CT molecular complexity index is 36.9. The first-order valence-electron chi connectivity index (χ1n) is 1.40. The predicted molar refractivity (Wildman–Crippen MR) is 46.8 cm³/mol. The molecule has 0 unspecified atom stereocenters. The van der Waals surface area contributed by atoms with Crippen molar-refractivity contribution in [2.75, 3.05) is 14.1 Å². The Hall–Kier alpha value is 1.35. The minimum Gasteiger partial charge on any atom is -0.232 e. The summed E-state index contributed by atoms with van der Waals surface area (Å²) in [6.45, 7) is 0. The number of rotatable bonds is 2. The van der Waals surface area contributed by atoms with Gasteiger partial charge in [0.1, 0.15) is 23.0 Å². The minimum absolute atomic E-state index is 0. The Kier molecular flexibility index (Phi) is 11.7. The van der Waals surface area contributed by atoms with Gasteiger partial charge >= 0.3 is 0 Å². The normalized spacial score (nSPS) is 8.57. The van der Waals surface area contributed by atoms with E-state index in [0.717, 1.165) is 0 Å². The van der Waals surface area contributed by atoms with Gasteiger partial charge in [0.15, 0.2) is 0 Å². The molecule has 0 aromatic rings. The monoisotopic (exact) mass is 253 g/mol. The van der Waals surface area contributed by atoms with E-state index in [0.29, 0.717) is 0 Å². The van der Waals surface area contributed by atoms with Gasteiger partial charge in [0.2, 0.25) is 0 Å². The van der Waals surface area contributed by atoms with Crippen LogP contribution in [0.15, 0.2) is 0 Å². The first-order chi connectivity index (χ1) is 2.77. The molecule has 0 atom stereocenters. The molecule has 5 heteroatoms. The third-order valence-electron chi connectivity index (χ3n) is 0.177. The predicted octanol–water partition coefficient (Wildman–Crippen LogP) is 1.59. The smallest absolute Gasteiger partial charge is 0.129 e. The zero-order valence-corrected chi connectivity index (χ0v) is 8.12. The second-order valence-electron chi connectivity index (χ2n) is 0.950. The maximum absolute atomic E-state index is 4.62. The fourth-order valence-electron chi connectivity index (χ4n) is 0.0563. The quantitative estimate of drug-likeness (QED) is 0.421. The number of hydrogen-bond acceptors (Lipinski definition) is 3. The Morgan fingerprint density at radius 2 is 2.00 bits per heavy atom. The van der Waals surface area contributed by atoms with Crippen LogP contribution in [0.25, 0.3) is 0 Å². The molecule has 46 valence electrons. The van der Waals surface area contributed by atoms with Crippen molar-refractivity contribution in [3.63, 3.8) is 0 Å². The SMILES string of the molecule is CN(C)SOI.S. The molecule has 0 heterocycles. The molecule has 0 N–H and O–H groups in total. The molecule has 0 saturated carbocycles. The van der Waals surface area contributed by atoms with Crippen molar-refractivity contribution in [2.24, 2.45) is 0 Å². The van der Waals surface area contributed by atoms with Crippen molar-refractivity contribution >= 4 is 48.7 Å². The van der Waals surface area contributed by atoms with Crippen LogP contribution in [0.5, 0.6) is 0 Å². The molecule has 0 radical (unpaired) electrons. The summed E-state index contributed by atoms with van der Waals surface area (Å²) in [5.74, 6) is 0. The van der Waals surface area contributed by atoms with Crippen molar-refractivity contribution in [2.45, 2.75) is 0 Å². The zero-order chi connectivity index (χ0) is 4.99. The molecular formula is C2H8INOS2. The van der Waals surface area contributed by atoms with Gasteiger partial charge in [-0.2, -0.15) is 13.5 Å². The van der Waals surface area contributed by atoms with Crippen LogP contribution in [-0.4, -0.2) is 18.4 Å². The lowest BCUT2D eigenvalue weighted by Gasteiger charge is -1.99. The Labute approximate surface area is 69.5 Å². The summed E-state index contributed by atoms with van der Waals surface area (Å²) in [6, 6.07) is 0. The van der Waals surface area contributed by atoms with Gasteiger partial charge in [-0.3, -0.25) is 0 Å². The molecule has 0 aliphatic carbocycles. The molecule has 0 spiro atoms. The van der Waals surface area contributed by atoms with Gasteiger partial charge in [0.25, 0.3) is 0 Å². The highest BCUT2D eigenvalue weighted by molar-refractivity contribution is 14.1. The molecule has 0 aliphatic rings. The maximum Gasteiger partial charge on any atom is 0.129 e. The van der Waals surface area contributed by atoms with Gasteiger partial charge in [0.05, 0.1) is 12.2 Å². The van der Waals surface area contributed by atoms with Crippen LogP contribution < -0.4 is 0 Å². The highest BCUT2D eigenvalue weighted by Crippen LogP contribution is 2.08. The van der Waals surface area contributed by atoms with E-state index in [4.69, 9.17) is 0 Å². The van der Waals surface area contributed by atoms with Crippen molar-refractivity contribution in [1.82, 2.24) is 4.31 Å². The van der Waals surface area contributed by atoms with Gasteiger partial charge in [-0.05, 0) is 14.1 Å². The lowest BCUT2D eigenvalue weighted by Crippen LogP contribution is -1.96. The third-order valence-corrected chi connectivity index (χ3v) is 1.01. The minimum atomic E-state index is 0. The summed E-state index contributed by atoms with van der Waals surface area (Å²) in [5, 5.41) is 0. The number of hydrogen-bond donors (Lipinski definition) is 0. The fourth-order valence-corrected chi connectivity index (χ4v) is 1.13. The molecule has 0 amide bonds. The maximum atomic E-state index is 4.62. The van der Waals surface area contributed by atoms with E-state index in [1.54, 1.807) is 0 Å². The van der Waals surface area contributed by atoms with Crippen LogP contribution in [0.4, 0.5) is 0 Å². The van der Waals surface area contributed by atoms with Crippen LogP contribution in [0.2, 0.25) is 0 Å². The van der Waals surface area contributed by atoms with E-state index in [1.165, 1.54) is 12.2 Å². The van der Waals surface area contributed by atoms with Gasteiger partial charge < -0.3 is 0 Å². The molecule has 7 heavy (non-hydrogen) atoms. The van der Waals surface area contributed by atoms with Gasteiger partial charge in [-0.1, -0.05) is 0 Å². The van der Waals surface area contributed by atoms with E-state index in [-0.39, 0.29) is 13.5 Å². The molecule has 0 bridgehead atoms. The van der Waals surface area contributed by atoms with Crippen molar-refractivity contribution in [3.05, 3.63) is 0 Å². The van der Waals surface area contributed by atoms with Crippen molar-refractivity contribution < 1.29 is 2.51 Å². The highest BCUT2D eigenvalue weighted by Gasteiger charge is 1.82. The van der Waals surface area contributed by atoms with Crippen molar-refractivity contribution in [1.29, 1.82) is 0 Å². The molecule has 0 saturated heterocycles. The van der Waals surface area contributed by atoms with Crippen LogP contribution in [0.3, 0.4) is 0 Å². The summed E-state index contributed by atoms with van der Waals surface area (Å²) in [4.78, 5) is 0. The second-order valence-corrected chi connectivity index (χ2v) is 3.03. The van der Waals surface area contributed by atoms with Gasteiger partial charge in [0, 0.05) is 0 Å². The number of nitrogens with zero attached hydrogens (tertiary/aromatic N) is 1. The zero-order valence-electron chi connectivity index (χ0n) is 4.14. The average molecular weight is 253 g/mol. The van der Waals surface area contributed by atoms with E-state index in [9.17, 15) is 0 Å². The summed E-state index contributed by atoms with van der Waals surface area (Å²) < 4.78 is 6.48. The van der Waals surface area contributed by atoms with Gasteiger partial charge in [-0.15, -0.1) is 0 Å². The molecule has 2 nitrogen and oxygen atoms in total. The van der Waals surface area contributed by atoms with Crippen LogP contribution >= 0.6 is 48.7 Å². The Balaban J connectivity index is 0. The molecule has 0 aromatic carbocycles. The summed E-state index contributed by atoms with van der Waals surface area (Å²) >= 11 is 3.13. The lowest BCUT2D eigenvalue weighted by molar-refractivity contribution is 0.649. The molecule has 0 rings (SSSR count). The Morgan fingerprint density at radius 1 is 1.57 bits per heavy atom. The first kappa shape index (κ1) is 11.2. The van der Waals surface area contributed by atoms with E-state index in [1.807, 2.05) is 41.4 Å². The second kappa shape index (κ2) is 7.35. The van der Waals surface area contributed by atoms with Crippen LogP contribution in [0.1, 0.15) is 0 Å². The van der Waals surface area contributed by atoms with Crippen molar-refractivity contribution in [3.8, 4) is 0 Å². The van der Waals surface area contributed by atoms with Crippen LogP contribution in [-0.2, 0) is 2.51 Å². The third kappa shape index (κ3) is 11.1. The van der Waals surface area contributed by atoms with E-state index >= 15 is 0 Å². The first-order valence-corrected chi connectivity index (χ1v) is 2.98. The average Bonchev–Trinajstić information content (AvgIpc) is 1.35. The molecule has 0 aliphatic heterocycles. The van der Waals surface area contributed by atoms with Crippen LogP contribution in [0, 0.1) is 0 Å². The summed E-state index contributed by atoms with van der Waals surface area (Å²) in [5.41, 5.74) is 0. The molecule has 0 fully saturated rings. The largest absolute Gasteiger partial charge is 0.232 e. The Morgan fingerprint density at radius 3 is 2.00 bits per heavy atom. The highest BCUT2D eigenvalue weighted by atomic mass is 127. The van der Waals surface area contributed by atoms with Gasteiger partial charge in [-0.25, -0.2) is 6.82 Å². The lowest BCUT2D eigenvalue weighted by atomic mass is 11.3. The summed E-state index contributed by atoms with van der Waals surface area (Å²) in [6.07, 6.45) is 0. The number of halogens is 1. The standard InChI is InChI=1S/C2H6INOS.H2S/c1-4(2)6-5-3;/h1-2H3;1H2. The fraction of sp³-hybridized carbons (Fsp3) is 1.00. The molecule has 0 aromatic heterocycles. The topological polar surface area (TPSA) is 12.5 Å².